The van der Waals surface area contributed by atoms with Crippen LogP contribution in [-0.4, -0.2) is 28.2 Å². The molecule has 1 atom stereocenters. The van der Waals surface area contributed by atoms with Gasteiger partial charge in [-0.25, -0.2) is 9.78 Å². The fourth-order valence-electron chi connectivity index (χ4n) is 3.66. The average molecular weight is 466 g/mol. The molecule has 0 aromatic carbocycles. The summed E-state index contributed by atoms with van der Waals surface area (Å²) in [5.74, 6) is 0.405. The number of hydrogen-bond acceptors (Lipinski definition) is 7. The number of rotatable bonds is 7. The number of furan rings is 1. The third-order valence-electron chi connectivity index (χ3n) is 5.44. The van der Waals surface area contributed by atoms with Gasteiger partial charge in [-0.1, -0.05) is 0 Å². The molecule has 0 saturated carbocycles. The number of nitrogens with one attached hydrogen (secondary N) is 2. The third-order valence-corrected chi connectivity index (χ3v) is 6.61. The smallest absolute Gasteiger partial charge is 0.407 e. The number of nitrogens with zero attached hydrogens (tertiary/aromatic N) is 3. The first-order chi connectivity index (χ1) is 16.0. The van der Waals surface area contributed by atoms with Crippen molar-refractivity contribution in [3.05, 3.63) is 64.5 Å². The molecule has 2 N–H and O–H groups in total. The Bertz CT molecular complexity index is 1200. The molecule has 0 spiro atoms. The molecular formula is C23H23N5O4S. The number of alkyl carbamates (subject to hydrolysis) is 1. The number of amides is 2. The summed E-state index contributed by atoms with van der Waals surface area (Å²) in [4.78, 5) is 29.4. The molecule has 170 valence electrons. The van der Waals surface area contributed by atoms with Gasteiger partial charge >= 0.3 is 6.09 Å². The van der Waals surface area contributed by atoms with Crippen LogP contribution in [0.5, 0.6) is 0 Å². The molecule has 3 aromatic heterocycles. The number of aryl methyl sites for hydroxylation is 1. The lowest BCUT2D eigenvalue weighted by Gasteiger charge is -2.21. The number of fused-ring (bicyclic) bond motifs is 1. The predicted molar refractivity (Wildman–Crippen MR) is 122 cm³/mol. The van der Waals surface area contributed by atoms with E-state index in [9.17, 15) is 14.9 Å². The minimum absolute atomic E-state index is 0.160. The summed E-state index contributed by atoms with van der Waals surface area (Å²) < 4.78 is 12.4. The summed E-state index contributed by atoms with van der Waals surface area (Å²) in [5, 5.41) is 15.7. The van der Waals surface area contributed by atoms with E-state index in [0.717, 1.165) is 22.6 Å². The molecule has 33 heavy (non-hydrogen) atoms. The Hall–Kier alpha value is -3.84. The summed E-state index contributed by atoms with van der Waals surface area (Å²) in [6, 6.07) is 5.71. The Balaban J connectivity index is 1.31. The highest BCUT2D eigenvalue weighted by Gasteiger charge is 2.27. The van der Waals surface area contributed by atoms with Gasteiger partial charge in [-0.15, -0.1) is 11.3 Å². The first-order valence-electron chi connectivity index (χ1n) is 10.5. The van der Waals surface area contributed by atoms with Crippen molar-refractivity contribution in [3.8, 4) is 6.07 Å². The van der Waals surface area contributed by atoms with Crippen molar-refractivity contribution in [3.63, 3.8) is 0 Å². The van der Waals surface area contributed by atoms with Crippen LogP contribution in [0.2, 0.25) is 0 Å². The van der Waals surface area contributed by atoms with Gasteiger partial charge < -0.3 is 24.4 Å². The Labute approximate surface area is 194 Å². The predicted octanol–water partition coefficient (Wildman–Crippen LogP) is 3.63. The second kappa shape index (κ2) is 10.2. The molecule has 0 radical (unpaired) electrons. The maximum Gasteiger partial charge on any atom is 0.407 e. The van der Waals surface area contributed by atoms with E-state index in [0.29, 0.717) is 42.3 Å². The normalized spacial score (nSPS) is 15.1. The van der Waals surface area contributed by atoms with Gasteiger partial charge in [0.05, 0.1) is 37.0 Å². The van der Waals surface area contributed by atoms with Gasteiger partial charge in [-0.3, -0.25) is 4.79 Å². The van der Waals surface area contributed by atoms with Gasteiger partial charge in [0.25, 0.3) is 0 Å². The molecule has 2 amide bonds. The van der Waals surface area contributed by atoms with Crippen molar-refractivity contribution < 1.29 is 18.7 Å². The first kappa shape index (κ1) is 22.4. The highest BCUT2D eigenvalue weighted by molar-refractivity contribution is 7.16. The highest BCUT2D eigenvalue weighted by Crippen LogP contribution is 2.39. The van der Waals surface area contributed by atoms with Crippen molar-refractivity contribution in [2.45, 2.75) is 25.8 Å². The molecule has 10 heteroatoms. The lowest BCUT2D eigenvalue weighted by Crippen LogP contribution is -2.28. The van der Waals surface area contributed by atoms with E-state index in [-0.39, 0.29) is 11.8 Å². The van der Waals surface area contributed by atoms with Gasteiger partial charge in [0.2, 0.25) is 5.91 Å². The molecule has 0 fully saturated rings. The Morgan fingerprint density at radius 3 is 3.09 bits per heavy atom. The standard InChI is InChI=1S/C23H23N5O4S/c1-28-14-25-11-16(28)12-26-23(30)32-13-15-4-6-18-19(10-24)22(33-20(18)9-15)27-21(29)7-5-17-3-2-8-31-17/h2-3,5,7-8,11,14-15H,4,6,9,12-13H2,1H3,(H,26,30)(H,27,29)/b7-5+. The Kier molecular flexibility index (Phi) is 6.90. The molecule has 0 saturated heterocycles. The number of thiophene rings is 1. The highest BCUT2D eigenvalue weighted by atomic mass is 32.1. The quantitative estimate of drug-likeness (QED) is 0.514. The van der Waals surface area contributed by atoms with Crippen LogP contribution in [-0.2, 0) is 36.0 Å². The van der Waals surface area contributed by atoms with Gasteiger partial charge in [-0.2, -0.15) is 5.26 Å². The van der Waals surface area contributed by atoms with E-state index in [1.165, 1.54) is 23.7 Å². The molecule has 1 aliphatic rings. The molecule has 3 aromatic rings. The summed E-state index contributed by atoms with van der Waals surface area (Å²) in [6.45, 7) is 0.641. The number of carbonyl (C=O) groups excluding carboxylic acids is 2. The van der Waals surface area contributed by atoms with Crippen LogP contribution in [0.25, 0.3) is 6.08 Å². The number of ether oxygens (including phenoxy) is 1. The number of hydrogen-bond donors (Lipinski definition) is 2. The van der Waals surface area contributed by atoms with Gasteiger partial charge in [0.1, 0.15) is 16.8 Å². The van der Waals surface area contributed by atoms with E-state index >= 15 is 0 Å². The van der Waals surface area contributed by atoms with Gasteiger partial charge in [0.15, 0.2) is 0 Å². The van der Waals surface area contributed by atoms with Crippen LogP contribution in [0.15, 0.2) is 41.4 Å². The number of carbonyl (C=O) groups is 2. The molecule has 4 rings (SSSR count). The maximum atomic E-state index is 12.3. The Morgan fingerprint density at radius 1 is 1.48 bits per heavy atom. The van der Waals surface area contributed by atoms with E-state index in [1.54, 1.807) is 30.7 Å². The second-order valence-electron chi connectivity index (χ2n) is 7.71. The van der Waals surface area contributed by atoms with E-state index in [4.69, 9.17) is 9.15 Å². The summed E-state index contributed by atoms with van der Waals surface area (Å²) >= 11 is 1.41. The maximum absolute atomic E-state index is 12.3. The largest absolute Gasteiger partial charge is 0.465 e. The SMILES string of the molecule is Cn1cncc1CNC(=O)OCC1CCc2c(sc(NC(=O)/C=C/c3ccco3)c2C#N)C1. The second-order valence-corrected chi connectivity index (χ2v) is 8.82. The molecule has 0 aliphatic heterocycles. The molecule has 1 aliphatic carbocycles. The van der Waals surface area contributed by atoms with Crippen molar-refractivity contribution in [2.75, 3.05) is 11.9 Å². The lowest BCUT2D eigenvalue weighted by molar-refractivity contribution is -0.111. The molecule has 0 bridgehead atoms. The number of imidazole rings is 1. The molecule has 9 nitrogen and oxygen atoms in total. The monoisotopic (exact) mass is 465 g/mol. The average Bonchev–Trinajstić information content (AvgIpc) is 3.54. The number of anilines is 1. The first-order valence-corrected chi connectivity index (χ1v) is 11.3. The zero-order valence-electron chi connectivity index (χ0n) is 18.0. The lowest BCUT2D eigenvalue weighted by atomic mass is 9.88. The van der Waals surface area contributed by atoms with Crippen molar-refractivity contribution in [2.24, 2.45) is 13.0 Å². The summed E-state index contributed by atoms with van der Waals surface area (Å²) in [7, 11) is 1.86. The topological polar surface area (TPSA) is 122 Å². The van der Waals surface area contributed by atoms with Crippen LogP contribution >= 0.6 is 11.3 Å². The van der Waals surface area contributed by atoms with Crippen molar-refractivity contribution in [1.29, 1.82) is 5.26 Å². The van der Waals surface area contributed by atoms with Crippen LogP contribution in [0.3, 0.4) is 0 Å². The fraction of sp³-hybridized carbons (Fsp3) is 0.304. The van der Waals surface area contributed by atoms with Crippen molar-refractivity contribution in [1.82, 2.24) is 14.9 Å². The Morgan fingerprint density at radius 2 is 2.36 bits per heavy atom. The fourth-order valence-corrected chi connectivity index (χ4v) is 4.98. The minimum Gasteiger partial charge on any atom is -0.465 e. The van der Waals surface area contributed by atoms with Crippen molar-refractivity contribution >= 4 is 34.4 Å². The number of nitriles is 1. The van der Waals surface area contributed by atoms with Crippen LogP contribution in [0, 0.1) is 17.2 Å². The molecular weight excluding hydrogens is 442 g/mol. The van der Waals surface area contributed by atoms with Gasteiger partial charge in [0, 0.05) is 24.2 Å². The number of aromatic nitrogens is 2. The molecule has 3 heterocycles. The summed E-state index contributed by atoms with van der Waals surface area (Å²) in [5.41, 5.74) is 2.37. The van der Waals surface area contributed by atoms with E-state index in [1.807, 2.05) is 11.6 Å². The third kappa shape index (κ3) is 5.51. The molecule has 1 unspecified atom stereocenters. The van der Waals surface area contributed by atoms with Crippen LogP contribution < -0.4 is 10.6 Å². The summed E-state index contributed by atoms with van der Waals surface area (Å²) in [6.07, 6.45) is 9.57. The zero-order chi connectivity index (χ0) is 23.2. The van der Waals surface area contributed by atoms with E-state index < -0.39 is 6.09 Å². The zero-order valence-corrected chi connectivity index (χ0v) is 18.9. The van der Waals surface area contributed by atoms with E-state index in [2.05, 4.69) is 21.7 Å². The van der Waals surface area contributed by atoms with Crippen LogP contribution in [0.1, 0.15) is 33.9 Å². The van der Waals surface area contributed by atoms with Gasteiger partial charge in [-0.05, 0) is 49.0 Å². The minimum atomic E-state index is -0.470. The van der Waals surface area contributed by atoms with Crippen LogP contribution in [0.4, 0.5) is 9.80 Å².